The first-order valence-electron chi connectivity index (χ1n) is 11.9. The van der Waals surface area contributed by atoms with Crippen LogP contribution in [0.15, 0.2) is 0 Å². The lowest BCUT2D eigenvalue weighted by Gasteiger charge is -2.40. The van der Waals surface area contributed by atoms with Gasteiger partial charge in [0.25, 0.3) is 0 Å². The van der Waals surface area contributed by atoms with Crippen LogP contribution in [0.3, 0.4) is 0 Å². The van der Waals surface area contributed by atoms with Crippen LogP contribution in [-0.2, 0) is 19.1 Å². The minimum absolute atomic E-state index is 0.00256. The molecule has 0 saturated carbocycles. The van der Waals surface area contributed by atoms with Crippen molar-refractivity contribution >= 4 is 29.5 Å². The molecule has 8 heteroatoms. The second-order valence-electron chi connectivity index (χ2n) is 11.4. The van der Waals surface area contributed by atoms with E-state index in [4.69, 9.17) is 4.74 Å². The van der Waals surface area contributed by atoms with E-state index in [1.807, 2.05) is 20.8 Å². The van der Waals surface area contributed by atoms with Crippen LogP contribution in [0.25, 0.3) is 0 Å². The summed E-state index contributed by atoms with van der Waals surface area (Å²) in [6.07, 6.45) is 2.82. The van der Waals surface area contributed by atoms with Crippen LogP contribution in [0.4, 0.5) is 0 Å². The number of hydrogen-bond donors (Lipinski definition) is 2. The van der Waals surface area contributed by atoms with Crippen molar-refractivity contribution in [1.29, 1.82) is 0 Å². The van der Waals surface area contributed by atoms with E-state index in [0.717, 1.165) is 12.8 Å². The largest absolute Gasteiger partial charge is 0.466 e. The monoisotopic (exact) mass is 468 g/mol. The van der Waals surface area contributed by atoms with Crippen molar-refractivity contribution in [3.05, 3.63) is 0 Å². The number of hydrogen-bond acceptors (Lipinski definition) is 6. The quantitative estimate of drug-likeness (QED) is 0.532. The van der Waals surface area contributed by atoms with Gasteiger partial charge in [0.15, 0.2) is 0 Å². The minimum atomic E-state index is -0.703. The number of amides is 2. The Morgan fingerprint density at radius 2 is 1.94 bits per heavy atom. The van der Waals surface area contributed by atoms with Crippen molar-refractivity contribution in [3.63, 3.8) is 0 Å². The molecule has 2 unspecified atom stereocenters. The van der Waals surface area contributed by atoms with Gasteiger partial charge in [-0.15, -0.1) is 11.8 Å². The number of nitrogens with zero attached hydrogens (tertiary/aromatic N) is 1. The van der Waals surface area contributed by atoms with E-state index in [-0.39, 0.29) is 41.7 Å². The fourth-order valence-electron chi connectivity index (χ4n) is 6.48. The van der Waals surface area contributed by atoms with Crippen LogP contribution in [0, 0.1) is 17.3 Å². The van der Waals surface area contributed by atoms with Crippen LogP contribution in [-0.4, -0.2) is 68.6 Å². The number of thioether (sulfide) groups is 1. The Hall–Kier alpha value is -1.28. The SMILES string of the molecule is CCOC(=O)[C@@H]1[C@@H]2CCC3(S2)C(C(=O)NC(C)(C)CC(C)(C)C)N([C@@H](CC)CO)C(=O)[C@H]13. The maximum atomic E-state index is 13.9. The average Bonchev–Trinajstić information content (AvgIpc) is 3.28. The number of carbonyl (C=O) groups excluding carboxylic acids is 3. The van der Waals surface area contributed by atoms with Gasteiger partial charge in [-0.2, -0.15) is 0 Å². The molecule has 0 radical (unpaired) electrons. The summed E-state index contributed by atoms with van der Waals surface area (Å²) in [5.74, 6) is -1.81. The fraction of sp³-hybridized carbons (Fsp3) is 0.875. The molecule has 0 aliphatic carbocycles. The van der Waals surface area contributed by atoms with Gasteiger partial charge in [-0.05, 0) is 51.9 Å². The topological polar surface area (TPSA) is 95.9 Å². The fourth-order valence-corrected chi connectivity index (χ4v) is 8.67. The summed E-state index contributed by atoms with van der Waals surface area (Å²) in [6.45, 7) is 14.2. The molecular formula is C24H40N2O5S. The predicted octanol–water partition coefficient (Wildman–Crippen LogP) is 2.74. The van der Waals surface area contributed by atoms with Crippen molar-refractivity contribution in [3.8, 4) is 0 Å². The van der Waals surface area contributed by atoms with Gasteiger partial charge in [0, 0.05) is 10.8 Å². The average molecular weight is 469 g/mol. The third-order valence-electron chi connectivity index (χ3n) is 7.05. The Morgan fingerprint density at radius 1 is 1.28 bits per heavy atom. The van der Waals surface area contributed by atoms with E-state index >= 15 is 0 Å². The van der Waals surface area contributed by atoms with E-state index in [1.54, 1.807) is 23.6 Å². The third kappa shape index (κ3) is 4.29. The summed E-state index contributed by atoms with van der Waals surface area (Å²) in [6, 6.07) is -1.16. The summed E-state index contributed by atoms with van der Waals surface area (Å²) in [5.41, 5.74) is -0.434. The number of aliphatic hydroxyl groups is 1. The summed E-state index contributed by atoms with van der Waals surface area (Å²) >= 11 is 1.63. The third-order valence-corrected chi connectivity index (χ3v) is 9.01. The van der Waals surface area contributed by atoms with Gasteiger partial charge in [0.1, 0.15) is 6.04 Å². The van der Waals surface area contributed by atoms with E-state index in [0.29, 0.717) is 12.8 Å². The van der Waals surface area contributed by atoms with Crippen LogP contribution < -0.4 is 5.32 Å². The van der Waals surface area contributed by atoms with E-state index in [1.165, 1.54) is 0 Å². The molecule has 6 atom stereocenters. The molecule has 182 valence electrons. The summed E-state index contributed by atoms with van der Waals surface area (Å²) in [4.78, 5) is 42.1. The van der Waals surface area contributed by atoms with E-state index in [2.05, 4.69) is 26.1 Å². The van der Waals surface area contributed by atoms with Crippen LogP contribution in [0.1, 0.15) is 74.1 Å². The Bertz CT molecular complexity index is 760. The van der Waals surface area contributed by atoms with Gasteiger partial charge in [-0.25, -0.2) is 0 Å². The molecular weight excluding hydrogens is 428 g/mol. The molecule has 3 fully saturated rings. The second kappa shape index (κ2) is 8.82. The molecule has 2 N–H and O–H groups in total. The molecule has 2 bridgehead atoms. The Kier molecular flexibility index (Phi) is 6.99. The number of ether oxygens (including phenoxy) is 1. The molecule has 1 spiro atoms. The lowest BCUT2D eigenvalue weighted by molar-refractivity contribution is -0.154. The lowest BCUT2D eigenvalue weighted by atomic mass is 9.71. The first-order valence-corrected chi connectivity index (χ1v) is 12.8. The zero-order chi connectivity index (χ0) is 24.1. The van der Waals surface area contributed by atoms with Crippen LogP contribution >= 0.6 is 11.8 Å². The Labute approximate surface area is 196 Å². The van der Waals surface area contributed by atoms with E-state index < -0.39 is 34.2 Å². The highest BCUT2D eigenvalue weighted by Crippen LogP contribution is 2.66. The number of esters is 1. The van der Waals surface area contributed by atoms with E-state index in [9.17, 15) is 19.5 Å². The lowest BCUT2D eigenvalue weighted by Crippen LogP contribution is -2.60. The molecule has 0 aromatic heterocycles. The zero-order valence-corrected chi connectivity index (χ0v) is 21.4. The highest BCUT2D eigenvalue weighted by Gasteiger charge is 2.74. The number of likely N-dealkylation sites (tertiary alicyclic amines) is 1. The van der Waals surface area contributed by atoms with Crippen molar-refractivity contribution in [2.24, 2.45) is 17.3 Å². The number of fused-ring (bicyclic) bond motifs is 1. The van der Waals surface area contributed by atoms with Crippen molar-refractivity contribution in [2.45, 2.75) is 102 Å². The number of nitrogens with one attached hydrogen (secondary N) is 1. The maximum Gasteiger partial charge on any atom is 0.310 e. The molecule has 3 heterocycles. The first-order chi connectivity index (χ1) is 14.8. The number of rotatable bonds is 8. The van der Waals surface area contributed by atoms with Gasteiger partial charge in [-0.3, -0.25) is 14.4 Å². The van der Waals surface area contributed by atoms with Crippen molar-refractivity contribution in [1.82, 2.24) is 10.2 Å². The first kappa shape index (κ1) is 25.3. The molecule has 3 aliphatic rings. The zero-order valence-electron chi connectivity index (χ0n) is 20.6. The standard InChI is InChI=1S/C24H40N2O5S/c1-8-14(12-27)26-18(19(28)25-23(6,7)13-22(3,4)5)24-11-10-15(32-24)16(17(24)20(26)29)21(30)31-9-2/h14-18,27H,8-13H2,1-7H3,(H,25,28)/t14-,15-,16+,17-,18?,24?/m0/s1. The van der Waals surface area contributed by atoms with Crippen LogP contribution in [0.5, 0.6) is 0 Å². The van der Waals surface area contributed by atoms with Gasteiger partial charge in [0.2, 0.25) is 11.8 Å². The molecule has 32 heavy (non-hydrogen) atoms. The second-order valence-corrected chi connectivity index (χ2v) is 13.0. The van der Waals surface area contributed by atoms with Crippen LogP contribution in [0.2, 0.25) is 0 Å². The highest BCUT2D eigenvalue weighted by atomic mass is 32.2. The number of carbonyl (C=O) groups is 3. The van der Waals surface area contributed by atoms with Gasteiger partial charge in [0.05, 0.1) is 35.8 Å². The van der Waals surface area contributed by atoms with Gasteiger partial charge >= 0.3 is 5.97 Å². The molecule has 3 saturated heterocycles. The van der Waals surface area contributed by atoms with Gasteiger partial charge < -0.3 is 20.1 Å². The van der Waals surface area contributed by atoms with Crippen molar-refractivity contribution < 1.29 is 24.2 Å². The molecule has 0 aromatic carbocycles. The molecule has 3 rings (SSSR count). The molecule has 2 amide bonds. The normalized spacial score (nSPS) is 32.8. The predicted molar refractivity (Wildman–Crippen MR) is 125 cm³/mol. The maximum absolute atomic E-state index is 13.9. The summed E-state index contributed by atoms with van der Waals surface area (Å²) in [7, 11) is 0. The minimum Gasteiger partial charge on any atom is -0.466 e. The van der Waals surface area contributed by atoms with Gasteiger partial charge in [-0.1, -0.05) is 27.7 Å². The smallest absolute Gasteiger partial charge is 0.310 e. The number of aliphatic hydroxyl groups excluding tert-OH is 1. The molecule has 0 aromatic rings. The molecule has 3 aliphatic heterocycles. The Balaban J connectivity index is 2.00. The summed E-state index contributed by atoms with van der Waals surface area (Å²) in [5, 5.41) is 13.3. The Morgan fingerprint density at radius 3 is 2.47 bits per heavy atom. The summed E-state index contributed by atoms with van der Waals surface area (Å²) < 4.78 is 4.69. The highest BCUT2D eigenvalue weighted by molar-refractivity contribution is 8.02. The van der Waals surface area contributed by atoms with Crippen molar-refractivity contribution in [2.75, 3.05) is 13.2 Å². The molecule has 7 nitrogen and oxygen atoms in total.